The molecule has 0 saturated heterocycles. The molecule has 0 bridgehead atoms. The molecule has 8 heteroatoms. The van der Waals surface area contributed by atoms with Gasteiger partial charge in [0.15, 0.2) is 5.76 Å². The van der Waals surface area contributed by atoms with Gasteiger partial charge < -0.3 is 15.2 Å². The molecule has 23 heavy (non-hydrogen) atoms. The third-order valence-corrected chi connectivity index (χ3v) is 4.38. The molecule has 2 N–H and O–H groups in total. The van der Waals surface area contributed by atoms with E-state index in [0.29, 0.717) is 30.0 Å². The van der Waals surface area contributed by atoms with Crippen LogP contribution in [0.1, 0.15) is 47.6 Å². The summed E-state index contributed by atoms with van der Waals surface area (Å²) in [5.41, 5.74) is 1.01. The number of nitrogens with one attached hydrogen (secondary N) is 2. The van der Waals surface area contributed by atoms with Crippen molar-refractivity contribution in [3.05, 3.63) is 27.5 Å². The summed E-state index contributed by atoms with van der Waals surface area (Å²) in [5.74, 6) is -0.892. The standard InChI is InChI=1S/C15H20N4O3S/c1-5-10(15-16-7-8(3)23-15)17-13(20)14(21)18-12-9(4)19-22-11(12)6-2/h7,10H,5-6H2,1-4H3,(H,17,20)(H,18,21). The summed E-state index contributed by atoms with van der Waals surface area (Å²) in [6.45, 7) is 7.47. The van der Waals surface area contributed by atoms with Crippen LogP contribution >= 0.6 is 11.3 Å². The largest absolute Gasteiger partial charge is 0.359 e. The van der Waals surface area contributed by atoms with Gasteiger partial charge in [0, 0.05) is 17.5 Å². The quantitative estimate of drug-likeness (QED) is 0.818. The Bertz CT molecular complexity index is 707. The molecule has 2 rings (SSSR count). The van der Waals surface area contributed by atoms with Crippen molar-refractivity contribution in [3.8, 4) is 0 Å². The van der Waals surface area contributed by atoms with Gasteiger partial charge in [0.1, 0.15) is 16.4 Å². The Kier molecular flexibility index (Phi) is 5.49. The third kappa shape index (κ3) is 3.95. The molecule has 2 aromatic heterocycles. The van der Waals surface area contributed by atoms with Crippen molar-refractivity contribution < 1.29 is 14.1 Å². The Morgan fingerprint density at radius 2 is 2.04 bits per heavy atom. The van der Waals surface area contributed by atoms with E-state index in [-0.39, 0.29) is 6.04 Å². The first-order valence-electron chi connectivity index (χ1n) is 7.45. The third-order valence-electron chi connectivity index (χ3n) is 3.35. The lowest BCUT2D eigenvalue weighted by Gasteiger charge is -2.14. The van der Waals surface area contributed by atoms with Gasteiger partial charge in [-0.05, 0) is 20.3 Å². The fraction of sp³-hybridized carbons (Fsp3) is 0.467. The van der Waals surface area contributed by atoms with Crippen molar-refractivity contribution in [3.63, 3.8) is 0 Å². The van der Waals surface area contributed by atoms with Crippen molar-refractivity contribution >= 4 is 28.8 Å². The maximum absolute atomic E-state index is 12.1. The van der Waals surface area contributed by atoms with Crippen LogP contribution in [0.4, 0.5) is 5.69 Å². The predicted molar refractivity (Wildman–Crippen MR) is 87.3 cm³/mol. The normalized spacial score (nSPS) is 12.0. The molecule has 0 aliphatic heterocycles. The van der Waals surface area contributed by atoms with Crippen molar-refractivity contribution in [2.24, 2.45) is 0 Å². The van der Waals surface area contributed by atoms with Gasteiger partial charge in [-0.15, -0.1) is 11.3 Å². The number of carbonyl (C=O) groups excluding carboxylic acids is 2. The average molecular weight is 336 g/mol. The van der Waals surface area contributed by atoms with Gasteiger partial charge in [0.05, 0.1) is 6.04 Å². The summed E-state index contributed by atoms with van der Waals surface area (Å²) in [5, 5.41) is 9.87. The first-order valence-corrected chi connectivity index (χ1v) is 8.27. The first kappa shape index (κ1) is 17.1. The highest BCUT2D eigenvalue weighted by Gasteiger charge is 2.23. The van der Waals surface area contributed by atoms with Crippen LogP contribution in [-0.2, 0) is 16.0 Å². The Labute approximate surface area is 138 Å². The number of aryl methyl sites for hydroxylation is 3. The number of hydrogen-bond acceptors (Lipinski definition) is 6. The van der Waals surface area contributed by atoms with E-state index in [2.05, 4.69) is 20.8 Å². The van der Waals surface area contributed by atoms with E-state index in [0.717, 1.165) is 9.88 Å². The van der Waals surface area contributed by atoms with Gasteiger partial charge in [-0.2, -0.15) is 0 Å². The second kappa shape index (κ2) is 7.36. The zero-order chi connectivity index (χ0) is 17.0. The smallest absolute Gasteiger partial charge is 0.313 e. The highest BCUT2D eigenvalue weighted by molar-refractivity contribution is 7.11. The Balaban J connectivity index is 2.04. The second-order valence-electron chi connectivity index (χ2n) is 5.12. The maximum atomic E-state index is 12.1. The maximum Gasteiger partial charge on any atom is 0.313 e. The molecule has 0 radical (unpaired) electrons. The number of carbonyl (C=O) groups is 2. The number of hydrogen-bond donors (Lipinski definition) is 2. The van der Waals surface area contributed by atoms with E-state index in [4.69, 9.17) is 4.52 Å². The van der Waals surface area contributed by atoms with Crippen molar-refractivity contribution in [1.29, 1.82) is 0 Å². The number of nitrogens with zero attached hydrogens (tertiary/aromatic N) is 2. The van der Waals surface area contributed by atoms with E-state index in [1.807, 2.05) is 20.8 Å². The van der Waals surface area contributed by atoms with Crippen molar-refractivity contribution in [1.82, 2.24) is 15.5 Å². The number of amides is 2. The molecule has 2 heterocycles. The van der Waals surface area contributed by atoms with Gasteiger partial charge >= 0.3 is 11.8 Å². The zero-order valence-electron chi connectivity index (χ0n) is 13.6. The fourth-order valence-electron chi connectivity index (χ4n) is 2.08. The van der Waals surface area contributed by atoms with E-state index in [1.54, 1.807) is 13.1 Å². The van der Waals surface area contributed by atoms with Crippen LogP contribution in [0.15, 0.2) is 10.7 Å². The molecule has 1 unspecified atom stereocenters. The average Bonchev–Trinajstić information content (AvgIpc) is 3.11. The summed E-state index contributed by atoms with van der Waals surface area (Å²) >= 11 is 1.51. The molecule has 0 saturated carbocycles. The summed E-state index contributed by atoms with van der Waals surface area (Å²) in [6.07, 6.45) is 2.98. The molecule has 2 amide bonds. The predicted octanol–water partition coefficient (Wildman–Crippen LogP) is 2.52. The fourth-order valence-corrected chi connectivity index (χ4v) is 2.99. The van der Waals surface area contributed by atoms with E-state index in [1.165, 1.54) is 11.3 Å². The summed E-state index contributed by atoms with van der Waals surface area (Å²) in [7, 11) is 0. The topological polar surface area (TPSA) is 97.1 Å². The molecule has 7 nitrogen and oxygen atoms in total. The molecule has 2 aromatic rings. The SMILES string of the molecule is CCc1onc(C)c1NC(=O)C(=O)NC(CC)c1ncc(C)s1. The number of thiazole rings is 1. The zero-order valence-corrected chi connectivity index (χ0v) is 14.4. The number of rotatable bonds is 5. The van der Waals surface area contributed by atoms with Crippen LogP contribution in [0.2, 0.25) is 0 Å². The number of anilines is 1. The van der Waals surface area contributed by atoms with E-state index < -0.39 is 11.8 Å². The lowest BCUT2D eigenvalue weighted by Crippen LogP contribution is -2.37. The van der Waals surface area contributed by atoms with Gasteiger partial charge in [-0.25, -0.2) is 4.98 Å². The highest BCUT2D eigenvalue weighted by Crippen LogP contribution is 2.23. The monoisotopic (exact) mass is 336 g/mol. The molecule has 0 aliphatic carbocycles. The Hall–Kier alpha value is -2.22. The second-order valence-corrected chi connectivity index (χ2v) is 6.38. The molecule has 0 fully saturated rings. The van der Waals surface area contributed by atoms with Crippen LogP contribution in [0.25, 0.3) is 0 Å². The lowest BCUT2D eigenvalue weighted by molar-refractivity contribution is -0.136. The highest BCUT2D eigenvalue weighted by atomic mass is 32.1. The first-order chi connectivity index (χ1) is 11.0. The molecular formula is C15H20N4O3S. The van der Waals surface area contributed by atoms with Gasteiger partial charge in [-0.1, -0.05) is 19.0 Å². The lowest BCUT2D eigenvalue weighted by atomic mass is 10.2. The van der Waals surface area contributed by atoms with Crippen molar-refractivity contribution in [2.45, 2.75) is 46.6 Å². The van der Waals surface area contributed by atoms with Gasteiger partial charge in [-0.3, -0.25) is 9.59 Å². The van der Waals surface area contributed by atoms with Crippen LogP contribution in [0.3, 0.4) is 0 Å². The molecular weight excluding hydrogens is 316 g/mol. The molecule has 0 aromatic carbocycles. The molecule has 0 spiro atoms. The molecule has 0 aliphatic rings. The van der Waals surface area contributed by atoms with Crippen molar-refractivity contribution in [2.75, 3.05) is 5.32 Å². The van der Waals surface area contributed by atoms with Crippen LogP contribution in [0.5, 0.6) is 0 Å². The minimum absolute atomic E-state index is 0.277. The summed E-state index contributed by atoms with van der Waals surface area (Å²) in [4.78, 5) is 29.6. The Morgan fingerprint density at radius 1 is 1.30 bits per heavy atom. The molecule has 124 valence electrons. The summed E-state index contributed by atoms with van der Waals surface area (Å²) in [6, 6.07) is -0.277. The van der Waals surface area contributed by atoms with E-state index >= 15 is 0 Å². The van der Waals surface area contributed by atoms with Crippen LogP contribution in [0, 0.1) is 13.8 Å². The Morgan fingerprint density at radius 3 is 2.61 bits per heavy atom. The van der Waals surface area contributed by atoms with Gasteiger partial charge in [0.25, 0.3) is 0 Å². The van der Waals surface area contributed by atoms with E-state index in [9.17, 15) is 9.59 Å². The minimum Gasteiger partial charge on any atom is -0.359 e. The minimum atomic E-state index is -0.738. The summed E-state index contributed by atoms with van der Waals surface area (Å²) < 4.78 is 5.09. The number of aromatic nitrogens is 2. The van der Waals surface area contributed by atoms with Crippen LogP contribution < -0.4 is 10.6 Å². The molecule has 1 atom stereocenters. The van der Waals surface area contributed by atoms with Crippen LogP contribution in [-0.4, -0.2) is 22.0 Å². The van der Waals surface area contributed by atoms with Gasteiger partial charge in [0.2, 0.25) is 0 Å².